The second-order valence-corrected chi connectivity index (χ2v) is 9.49. The maximum Gasteiger partial charge on any atom is 0.137 e. The lowest BCUT2D eigenvalue weighted by Gasteiger charge is -2.36. The van der Waals surface area contributed by atoms with Crippen LogP contribution >= 0.6 is 0 Å². The zero-order chi connectivity index (χ0) is 20.9. The molecule has 1 fully saturated rings. The van der Waals surface area contributed by atoms with Gasteiger partial charge < -0.3 is 15.0 Å². The normalized spacial score (nSPS) is 16.5. The molecule has 3 rings (SSSR count). The average Bonchev–Trinajstić information content (AvgIpc) is 2.69. The van der Waals surface area contributed by atoms with Crippen molar-refractivity contribution in [3.63, 3.8) is 0 Å². The number of aromatic nitrogens is 2. The first-order valence-corrected chi connectivity index (χ1v) is 10.9. The molecular formula is C23H37N5O. The van der Waals surface area contributed by atoms with Crippen molar-refractivity contribution < 1.29 is 4.74 Å². The van der Waals surface area contributed by atoms with Gasteiger partial charge in [-0.15, -0.1) is 0 Å². The molecule has 0 bridgehead atoms. The largest absolute Gasteiger partial charge is 0.494 e. The number of piperazine rings is 1. The van der Waals surface area contributed by atoms with Crippen molar-refractivity contribution in [2.45, 2.75) is 47.1 Å². The quantitative estimate of drug-likeness (QED) is 0.680. The van der Waals surface area contributed by atoms with Gasteiger partial charge in [0, 0.05) is 50.7 Å². The predicted octanol–water partition coefficient (Wildman–Crippen LogP) is 3.88. The second kappa shape index (κ2) is 9.72. The van der Waals surface area contributed by atoms with Crippen LogP contribution in [0.2, 0.25) is 0 Å². The molecule has 0 radical (unpaired) electrons. The molecule has 2 heterocycles. The van der Waals surface area contributed by atoms with Gasteiger partial charge in [-0.2, -0.15) is 0 Å². The Bertz CT molecular complexity index is 778. The van der Waals surface area contributed by atoms with E-state index in [1.807, 2.05) is 12.1 Å². The molecule has 0 aliphatic carbocycles. The van der Waals surface area contributed by atoms with E-state index in [0.717, 1.165) is 61.7 Å². The molecule has 0 amide bonds. The zero-order valence-electron chi connectivity index (χ0n) is 18.7. The average molecular weight is 400 g/mol. The molecular weight excluding hydrogens is 362 g/mol. The van der Waals surface area contributed by atoms with E-state index in [1.54, 1.807) is 6.33 Å². The van der Waals surface area contributed by atoms with Gasteiger partial charge in [0.25, 0.3) is 0 Å². The van der Waals surface area contributed by atoms with Gasteiger partial charge in [-0.1, -0.05) is 20.8 Å². The molecule has 0 unspecified atom stereocenters. The van der Waals surface area contributed by atoms with Gasteiger partial charge in [0.15, 0.2) is 0 Å². The Balaban J connectivity index is 1.50. The lowest BCUT2D eigenvalue weighted by atomic mass is 9.97. The van der Waals surface area contributed by atoms with E-state index in [9.17, 15) is 0 Å². The summed E-state index contributed by atoms with van der Waals surface area (Å²) in [7, 11) is 0. The Labute approximate surface area is 175 Å². The van der Waals surface area contributed by atoms with Gasteiger partial charge in [-0.3, -0.25) is 4.90 Å². The minimum Gasteiger partial charge on any atom is -0.494 e. The fourth-order valence-corrected chi connectivity index (χ4v) is 3.60. The summed E-state index contributed by atoms with van der Waals surface area (Å²) in [5.74, 6) is 1.76. The first-order valence-electron chi connectivity index (χ1n) is 10.9. The Morgan fingerprint density at radius 3 is 2.55 bits per heavy atom. The first-order chi connectivity index (χ1) is 13.8. The highest BCUT2D eigenvalue weighted by Gasteiger charge is 2.18. The number of anilines is 1. The predicted molar refractivity (Wildman–Crippen MR) is 121 cm³/mol. The number of benzene rings is 1. The van der Waals surface area contributed by atoms with Gasteiger partial charge in [-0.25, -0.2) is 9.97 Å². The van der Waals surface area contributed by atoms with Crippen LogP contribution in [0.1, 0.15) is 41.0 Å². The van der Waals surface area contributed by atoms with Crippen LogP contribution in [0.4, 0.5) is 5.82 Å². The molecule has 1 aliphatic heterocycles. The third-order valence-corrected chi connectivity index (χ3v) is 5.42. The number of rotatable bonds is 8. The molecule has 6 nitrogen and oxygen atoms in total. The minimum atomic E-state index is 0.187. The lowest BCUT2D eigenvalue weighted by molar-refractivity contribution is 0.104. The molecule has 1 aromatic carbocycles. The maximum atomic E-state index is 6.04. The molecule has 6 heteroatoms. The molecule has 2 aromatic rings. The summed E-state index contributed by atoms with van der Waals surface area (Å²) < 4.78 is 6.04. The van der Waals surface area contributed by atoms with Gasteiger partial charge in [0.1, 0.15) is 17.9 Å². The van der Waals surface area contributed by atoms with E-state index < -0.39 is 0 Å². The Morgan fingerprint density at radius 1 is 1.10 bits per heavy atom. The second-order valence-electron chi connectivity index (χ2n) is 9.49. The smallest absolute Gasteiger partial charge is 0.137 e. The van der Waals surface area contributed by atoms with Gasteiger partial charge in [0.05, 0.1) is 12.1 Å². The monoisotopic (exact) mass is 399 g/mol. The molecule has 0 spiro atoms. The SMILES string of the molecule is CC(C)N1CCN(CCCOc2ccc3ncnc(NCC(C)(C)C)c3c2)CC1. The lowest BCUT2D eigenvalue weighted by Crippen LogP contribution is -2.49. The van der Waals surface area contributed by atoms with Crippen molar-refractivity contribution in [3.8, 4) is 5.75 Å². The van der Waals surface area contributed by atoms with Crippen LogP contribution in [0.25, 0.3) is 10.9 Å². The fraction of sp³-hybridized carbons (Fsp3) is 0.652. The van der Waals surface area contributed by atoms with Crippen molar-refractivity contribution in [2.24, 2.45) is 5.41 Å². The molecule has 0 atom stereocenters. The van der Waals surface area contributed by atoms with Crippen LogP contribution < -0.4 is 10.1 Å². The van der Waals surface area contributed by atoms with E-state index in [2.05, 4.69) is 65.8 Å². The summed E-state index contributed by atoms with van der Waals surface area (Å²) in [6, 6.07) is 6.73. The van der Waals surface area contributed by atoms with E-state index in [-0.39, 0.29) is 5.41 Å². The van der Waals surface area contributed by atoms with Crippen molar-refractivity contribution >= 4 is 16.7 Å². The molecule has 160 valence electrons. The van der Waals surface area contributed by atoms with E-state index in [0.29, 0.717) is 6.04 Å². The molecule has 29 heavy (non-hydrogen) atoms. The van der Waals surface area contributed by atoms with Crippen LogP contribution in [0.3, 0.4) is 0 Å². The molecule has 1 aromatic heterocycles. The summed E-state index contributed by atoms with van der Waals surface area (Å²) in [4.78, 5) is 13.9. The molecule has 1 aliphatic rings. The molecule has 1 N–H and O–H groups in total. The van der Waals surface area contributed by atoms with Gasteiger partial charge >= 0.3 is 0 Å². The summed E-state index contributed by atoms with van der Waals surface area (Å²) >= 11 is 0. The van der Waals surface area contributed by atoms with Crippen molar-refractivity contribution in [3.05, 3.63) is 24.5 Å². The number of nitrogens with one attached hydrogen (secondary N) is 1. The summed E-state index contributed by atoms with van der Waals surface area (Å²) in [5.41, 5.74) is 1.12. The van der Waals surface area contributed by atoms with E-state index in [1.165, 1.54) is 13.1 Å². The summed E-state index contributed by atoms with van der Waals surface area (Å²) in [6.07, 6.45) is 2.66. The van der Waals surface area contributed by atoms with Crippen molar-refractivity contribution in [1.29, 1.82) is 0 Å². The third-order valence-electron chi connectivity index (χ3n) is 5.42. The number of nitrogens with zero attached hydrogens (tertiary/aromatic N) is 4. The van der Waals surface area contributed by atoms with E-state index >= 15 is 0 Å². The highest BCUT2D eigenvalue weighted by Crippen LogP contribution is 2.25. The summed E-state index contributed by atoms with van der Waals surface area (Å²) in [6.45, 7) is 18.5. The first kappa shape index (κ1) is 21.8. The Kier molecular flexibility index (Phi) is 7.30. The fourth-order valence-electron chi connectivity index (χ4n) is 3.60. The van der Waals surface area contributed by atoms with Crippen LogP contribution in [0.5, 0.6) is 5.75 Å². The number of ether oxygens (including phenoxy) is 1. The minimum absolute atomic E-state index is 0.187. The van der Waals surface area contributed by atoms with E-state index in [4.69, 9.17) is 4.74 Å². The van der Waals surface area contributed by atoms with Crippen molar-refractivity contribution in [2.75, 3.05) is 51.2 Å². The Hall–Kier alpha value is -1.92. The summed E-state index contributed by atoms with van der Waals surface area (Å²) in [5, 5.41) is 4.47. The van der Waals surface area contributed by atoms with Crippen LogP contribution in [0, 0.1) is 5.41 Å². The van der Waals surface area contributed by atoms with Crippen LogP contribution in [-0.4, -0.2) is 71.7 Å². The number of hydrogen-bond donors (Lipinski definition) is 1. The maximum absolute atomic E-state index is 6.04. The zero-order valence-corrected chi connectivity index (χ0v) is 18.7. The number of fused-ring (bicyclic) bond motifs is 1. The number of hydrogen-bond acceptors (Lipinski definition) is 6. The third kappa shape index (κ3) is 6.54. The molecule has 0 saturated carbocycles. The highest BCUT2D eigenvalue weighted by atomic mass is 16.5. The standard InChI is InChI=1S/C23H37N5O/c1-18(2)28-12-10-27(11-13-28)9-6-14-29-19-7-8-21-20(15-19)22(26-17-25-21)24-16-23(3,4)5/h7-8,15,17-18H,6,9-14,16H2,1-5H3,(H,24,25,26). The topological polar surface area (TPSA) is 53.5 Å². The highest BCUT2D eigenvalue weighted by molar-refractivity contribution is 5.89. The van der Waals surface area contributed by atoms with Gasteiger partial charge in [-0.05, 0) is 43.9 Å². The van der Waals surface area contributed by atoms with Crippen LogP contribution in [-0.2, 0) is 0 Å². The molecule has 1 saturated heterocycles. The van der Waals surface area contributed by atoms with Crippen molar-refractivity contribution in [1.82, 2.24) is 19.8 Å². The van der Waals surface area contributed by atoms with Crippen LogP contribution in [0.15, 0.2) is 24.5 Å². The van der Waals surface area contributed by atoms with Gasteiger partial charge in [0.2, 0.25) is 0 Å². The Morgan fingerprint density at radius 2 is 1.86 bits per heavy atom.